The molecule has 1 aromatic heterocycles. The highest BCUT2D eigenvalue weighted by Crippen LogP contribution is 2.25. The van der Waals surface area contributed by atoms with E-state index >= 15 is 0 Å². The first-order valence-electron chi connectivity index (χ1n) is 9.33. The Kier molecular flexibility index (Phi) is 6.03. The molecule has 0 spiro atoms. The normalized spacial score (nSPS) is 11.5. The van der Waals surface area contributed by atoms with E-state index < -0.39 is 12.2 Å². The van der Waals surface area contributed by atoms with Crippen LogP contribution in [0.15, 0.2) is 65.8 Å². The van der Waals surface area contributed by atoms with Crippen LogP contribution in [0.25, 0.3) is 10.8 Å². The van der Waals surface area contributed by atoms with Gasteiger partial charge in [-0.3, -0.25) is 0 Å². The lowest BCUT2D eigenvalue weighted by molar-refractivity contribution is 0.136. The van der Waals surface area contributed by atoms with E-state index in [4.69, 9.17) is 21.7 Å². The van der Waals surface area contributed by atoms with E-state index in [0.717, 1.165) is 26.8 Å². The molecule has 1 heterocycles. The summed E-state index contributed by atoms with van der Waals surface area (Å²) in [5, 5.41) is 12.1. The van der Waals surface area contributed by atoms with Gasteiger partial charge in [0.05, 0.1) is 13.3 Å². The zero-order valence-electron chi connectivity index (χ0n) is 16.5. The second-order valence-electron chi connectivity index (χ2n) is 6.61. The highest BCUT2D eigenvalue weighted by molar-refractivity contribution is 7.71. The van der Waals surface area contributed by atoms with E-state index in [1.807, 2.05) is 48.5 Å². The van der Waals surface area contributed by atoms with Crippen molar-refractivity contribution in [2.24, 2.45) is 5.10 Å². The summed E-state index contributed by atoms with van der Waals surface area (Å²) in [5.74, 6) is 0.826. The Balaban J connectivity index is 1.56. The number of H-pyrrole nitrogens is 1. The Morgan fingerprint density at radius 2 is 1.94 bits per heavy atom. The Bertz CT molecular complexity index is 1300. The van der Waals surface area contributed by atoms with Crippen molar-refractivity contribution in [3.8, 4) is 11.5 Å². The molecular formula is C22H18F2N4O2S. The van der Waals surface area contributed by atoms with Crippen molar-refractivity contribution in [3.05, 3.63) is 82.4 Å². The number of rotatable bonds is 7. The van der Waals surface area contributed by atoms with Crippen LogP contribution >= 0.6 is 12.2 Å². The zero-order chi connectivity index (χ0) is 21.8. The molecule has 0 aliphatic heterocycles. The summed E-state index contributed by atoms with van der Waals surface area (Å²) in [4.78, 5) is 0. The monoisotopic (exact) mass is 440 g/mol. The number of methoxy groups -OCH3 is 1. The lowest BCUT2D eigenvalue weighted by Gasteiger charge is -2.12. The van der Waals surface area contributed by atoms with Gasteiger partial charge in [-0.1, -0.05) is 30.3 Å². The van der Waals surface area contributed by atoms with Gasteiger partial charge in [0, 0.05) is 5.56 Å². The van der Waals surface area contributed by atoms with Gasteiger partial charge in [0.25, 0.3) is 6.43 Å². The van der Waals surface area contributed by atoms with Crippen LogP contribution in [0.1, 0.15) is 23.4 Å². The topological polar surface area (TPSA) is 64.4 Å². The van der Waals surface area contributed by atoms with Gasteiger partial charge in [-0.25, -0.2) is 13.9 Å². The van der Waals surface area contributed by atoms with Crippen LogP contribution in [0.3, 0.4) is 0 Å². The van der Waals surface area contributed by atoms with Gasteiger partial charge in [0.2, 0.25) is 10.6 Å². The fourth-order valence-electron chi connectivity index (χ4n) is 3.09. The maximum Gasteiger partial charge on any atom is 0.299 e. The lowest BCUT2D eigenvalue weighted by Crippen LogP contribution is -2.01. The SMILES string of the molecule is COc1ccc(/C=N/n2c(C(F)F)n[nH]c2=S)cc1COc1ccc2ccccc2c1. The second-order valence-corrected chi connectivity index (χ2v) is 7.00. The van der Waals surface area contributed by atoms with Gasteiger partial charge in [-0.2, -0.15) is 14.9 Å². The molecule has 4 rings (SSSR count). The summed E-state index contributed by atoms with van der Waals surface area (Å²) in [6, 6.07) is 19.2. The predicted molar refractivity (Wildman–Crippen MR) is 117 cm³/mol. The van der Waals surface area contributed by atoms with Gasteiger partial charge in [0.1, 0.15) is 18.1 Å². The molecule has 158 valence electrons. The summed E-state index contributed by atoms with van der Waals surface area (Å²) < 4.78 is 38.3. The molecule has 0 aliphatic rings. The maximum absolute atomic E-state index is 13.0. The van der Waals surface area contributed by atoms with Gasteiger partial charge >= 0.3 is 0 Å². The van der Waals surface area contributed by atoms with E-state index in [-0.39, 0.29) is 11.4 Å². The summed E-state index contributed by atoms with van der Waals surface area (Å²) >= 11 is 4.96. The molecule has 4 aromatic rings. The highest BCUT2D eigenvalue weighted by atomic mass is 32.1. The minimum atomic E-state index is -2.80. The van der Waals surface area contributed by atoms with Gasteiger partial charge < -0.3 is 9.47 Å². The van der Waals surface area contributed by atoms with Crippen LogP contribution in [0.5, 0.6) is 11.5 Å². The van der Waals surface area contributed by atoms with Crippen molar-refractivity contribution in [2.75, 3.05) is 7.11 Å². The van der Waals surface area contributed by atoms with Crippen LogP contribution in [0.2, 0.25) is 0 Å². The number of nitrogens with zero attached hydrogens (tertiary/aromatic N) is 3. The number of nitrogens with one attached hydrogen (secondary N) is 1. The fraction of sp³-hybridized carbons (Fsp3) is 0.136. The molecule has 0 saturated carbocycles. The van der Waals surface area contributed by atoms with E-state index in [0.29, 0.717) is 11.3 Å². The third kappa shape index (κ3) is 4.61. The average Bonchev–Trinajstić information content (AvgIpc) is 3.16. The smallest absolute Gasteiger partial charge is 0.299 e. The lowest BCUT2D eigenvalue weighted by atomic mass is 10.1. The molecule has 1 N–H and O–H groups in total. The van der Waals surface area contributed by atoms with Crippen molar-refractivity contribution in [1.29, 1.82) is 0 Å². The van der Waals surface area contributed by atoms with Crippen LogP contribution in [-0.4, -0.2) is 28.2 Å². The zero-order valence-corrected chi connectivity index (χ0v) is 17.3. The molecule has 9 heteroatoms. The first kappa shape index (κ1) is 20.7. The van der Waals surface area contributed by atoms with Crippen molar-refractivity contribution < 1.29 is 18.3 Å². The van der Waals surface area contributed by atoms with Crippen LogP contribution in [0, 0.1) is 4.77 Å². The Hall–Kier alpha value is -3.59. The molecule has 0 unspecified atom stereocenters. The fourth-order valence-corrected chi connectivity index (χ4v) is 3.28. The quantitative estimate of drug-likeness (QED) is 0.304. The van der Waals surface area contributed by atoms with E-state index in [9.17, 15) is 8.78 Å². The molecule has 3 aromatic carbocycles. The van der Waals surface area contributed by atoms with Gasteiger partial charge in [0.15, 0.2) is 0 Å². The van der Waals surface area contributed by atoms with Crippen molar-refractivity contribution in [1.82, 2.24) is 14.9 Å². The first-order valence-corrected chi connectivity index (χ1v) is 9.74. The molecule has 31 heavy (non-hydrogen) atoms. The number of hydrogen-bond acceptors (Lipinski definition) is 5. The molecule has 0 saturated heterocycles. The Labute approximate surface area is 181 Å². The number of alkyl halides is 2. The number of fused-ring (bicyclic) bond motifs is 1. The minimum Gasteiger partial charge on any atom is -0.496 e. The van der Waals surface area contributed by atoms with E-state index in [1.165, 1.54) is 6.21 Å². The molecule has 0 aliphatic carbocycles. The number of benzene rings is 3. The molecule has 0 bridgehead atoms. The van der Waals surface area contributed by atoms with Crippen LogP contribution in [-0.2, 0) is 6.61 Å². The van der Waals surface area contributed by atoms with Gasteiger partial charge in [-0.05, 0) is 58.9 Å². The number of aromatic nitrogens is 3. The average molecular weight is 440 g/mol. The highest BCUT2D eigenvalue weighted by Gasteiger charge is 2.16. The third-order valence-corrected chi connectivity index (χ3v) is 4.88. The molecular weight excluding hydrogens is 422 g/mol. The molecule has 0 atom stereocenters. The largest absolute Gasteiger partial charge is 0.496 e. The van der Waals surface area contributed by atoms with Gasteiger partial charge in [-0.15, -0.1) is 0 Å². The van der Waals surface area contributed by atoms with Crippen molar-refractivity contribution in [3.63, 3.8) is 0 Å². The van der Waals surface area contributed by atoms with Crippen molar-refractivity contribution in [2.45, 2.75) is 13.0 Å². The summed E-state index contributed by atoms with van der Waals surface area (Å²) in [7, 11) is 1.57. The summed E-state index contributed by atoms with van der Waals surface area (Å²) in [6.07, 6.45) is -1.37. The number of hydrogen-bond donors (Lipinski definition) is 1. The maximum atomic E-state index is 13.0. The molecule has 0 fully saturated rings. The molecule has 6 nitrogen and oxygen atoms in total. The standard InChI is InChI=1S/C22H18F2N4O2S/c1-29-19-9-6-14(12-25-28-21(20(23)24)26-27-22(28)31)10-17(19)13-30-18-8-7-15-4-2-3-5-16(15)11-18/h2-12,20H,13H2,1H3,(H,27,31)/b25-12+. The summed E-state index contributed by atoms with van der Waals surface area (Å²) in [6.45, 7) is 0.261. The third-order valence-electron chi connectivity index (χ3n) is 4.61. The first-order chi connectivity index (χ1) is 15.0. The Morgan fingerprint density at radius 1 is 1.13 bits per heavy atom. The van der Waals surface area contributed by atoms with Crippen LogP contribution in [0.4, 0.5) is 8.78 Å². The number of aromatic amines is 1. The Morgan fingerprint density at radius 3 is 2.71 bits per heavy atom. The summed E-state index contributed by atoms with van der Waals surface area (Å²) in [5.41, 5.74) is 1.45. The second kappa shape index (κ2) is 9.05. The molecule has 0 amide bonds. The minimum absolute atomic E-state index is 0.0140. The number of halogens is 2. The molecule has 0 radical (unpaired) electrons. The van der Waals surface area contributed by atoms with E-state index in [1.54, 1.807) is 19.2 Å². The van der Waals surface area contributed by atoms with Crippen molar-refractivity contribution >= 4 is 29.2 Å². The van der Waals surface area contributed by atoms with E-state index in [2.05, 4.69) is 15.3 Å². The number of ether oxygens (including phenoxy) is 2. The predicted octanol–water partition coefficient (Wildman–Crippen LogP) is 5.50. The van der Waals surface area contributed by atoms with Crippen LogP contribution < -0.4 is 9.47 Å².